The van der Waals surface area contributed by atoms with Gasteiger partial charge in [0.15, 0.2) is 4.90 Å². The number of hydrogen-bond donors (Lipinski definition) is 1. The van der Waals surface area contributed by atoms with Crippen molar-refractivity contribution in [2.24, 2.45) is 0 Å². The van der Waals surface area contributed by atoms with Gasteiger partial charge in [-0.05, 0) is 23.8 Å². The van der Waals surface area contributed by atoms with Gasteiger partial charge in [-0.25, -0.2) is 21.9 Å². The van der Waals surface area contributed by atoms with Crippen LogP contribution in [-0.4, -0.2) is 8.42 Å². The van der Waals surface area contributed by atoms with Crippen LogP contribution in [0.3, 0.4) is 0 Å². The summed E-state index contributed by atoms with van der Waals surface area (Å²) in [6.45, 7) is -0.0719. The third-order valence-corrected chi connectivity index (χ3v) is 4.82. The molecule has 0 heterocycles. The molecule has 2 aromatic carbocycles. The van der Waals surface area contributed by atoms with E-state index >= 15 is 0 Å². The minimum absolute atomic E-state index is 0.0719. The molecule has 0 aliphatic carbocycles. The van der Waals surface area contributed by atoms with Gasteiger partial charge in [0, 0.05) is 11.0 Å². The van der Waals surface area contributed by atoms with Crippen molar-refractivity contribution in [3.05, 3.63) is 64.1 Å². The topological polar surface area (TPSA) is 46.2 Å². The predicted molar refractivity (Wildman–Crippen MR) is 74.5 cm³/mol. The Morgan fingerprint density at radius 3 is 2.20 bits per heavy atom. The van der Waals surface area contributed by atoms with Crippen molar-refractivity contribution in [3.63, 3.8) is 0 Å². The van der Waals surface area contributed by atoms with Crippen LogP contribution in [0.15, 0.2) is 51.8 Å². The van der Waals surface area contributed by atoms with Crippen molar-refractivity contribution in [2.45, 2.75) is 11.4 Å². The summed E-state index contributed by atoms with van der Waals surface area (Å²) in [6.07, 6.45) is 0. The van der Waals surface area contributed by atoms with Crippen LogP contribution in [0.5, 0.6) is 0 Å². The van der Waals surface area contributed by atoms with Crippen molar-refractivity contribution in [3.8, 4) is 0 Å². The molecule has 0 aliphatic rings. The second-order valence-electron chi connectivity index (χ2n) is 3.97. The van der Waals surface area contributed by atoms with Crippen LogP contribution in [0.4, 0.5) is 8.78 Å². The molecule has 0 saturated heterocycles. The molecule has 0 bridgehead atoms. The van der Waals surface area contributed by atoms with Gasteiger partial charge in [-0.1, -0.05) is 40.2 Å². The average Bonchev–Trinajstić information content (AvgIpc) is 2.37. The van der Waals surface area contributed by atoms with E-state index in [-0.39, 0.29) is 6.54 Å². The summed E-state index contributed by atoms with van der Waals surface area (Å²) in [5.41, 5.74) is 0.660. The average molecular weight is 362 g/mol. The van der Waals surface area contributed by atoms with Crippen molar-refractivity contribution in [1.29, 1.82) is 0 Å². The molecule has 0 radical (unpaired) electrons. The monoisotopic (exact) mass is 361 g/mol. The van der Waals surface area contributed by atoms with Crippen LogP contribution in [0.25, 0.3) is 0 Å². The first-order valence-corrected chi connectivity index (χ1v) is 7.86. The molecule has 0 spiro atoms. The summed E-state index contributed by atoms with van der Waals surface area (Å²) >= 11 is 3.27. The number of sulfonamides is 1. The van der Waals surface area contributed by atoms with Crippen LogP contribution < -0.4 is 4.72 Å². The molecule has 0 atom stereocenters. The maximum absolute atomic E-state index is 13.5. The quantitative estimate of drug-likeness (QED) is 0.908. The first-order valence-electron chi connectivity index (χ1n) is 5.59. The fourth-order valence-electron chi connectivity index (χ4n) is 1.63. The Kier molecular flexibility index (Phi) is 4.52. The highest BCUT2D eigenvalue weighted by Gasteiger charge is 2.23. The molecule has 2 aromatic rings. The molecule has 7 heteroatoms. The maximum Gasteiger partial charge on any atom is 0.246 e. The summed E-state index contributed by atoms with van der Waals surface area (Å²) in [5, 5.41) is 0. The van der Waals surface area contributed by atoms with Gasteiger partial charge in [0.2, 0.25) is 10.0 Å². The lowest BCUT2D eigenvalue weighted by atomic mass is 10.2. The van der Waals surface area contributed by atoms with Crippen LogP contribution >= 0.6 is 15.9 Å². The number of benzene rings is 2. The zero-order chi connectivity index (χ0) is 14.8. The smallest absolute Gasteiger partial charge is 0.207 e. The van der Waals surface area contributed by atoms with E-state index in [0.29, 0.717) is 10.0 Å². The Bertz CT molecular complexity index is 715. The number of rotatable bonds is 4. The summed E-state index contributed by atoms with van der Waals surface area (Å²) in [7, 11) is -4.26. The summed E-state index contributed by atoms with van der Waals surface area (Å²) < 4.78 is 53.8. The highest BCUT2D eigenvalue weighted by molar-refractivity contribution is 9.10. The Hall–Kier alpha value is -1.31. The van der Waals surface area contributed by atoms with E-state index in [0.717, 1.165) is 18.2 Å². The van der Waals surface area contributed by atoms with E-state index in [1.165, 1.54) is 0 Å². The number of hydrogen-bond acceptors (Lipinski definition) is 2. The standard InChI is InChI=1S/C13H10BrF2NO2S/c14-10-5-2-1-4-9(10)8-17-20(18,19)13-11(15)6-3-7-12(13)16/h1-7,17H,8H2. The van der Waals surface area contributed by atoms with Crippen LogP contribution in [-0.2, 0) is 16.6 Å². The van der Waals surface area contributed by atoms with Crippen LogP contribution in [0.1, 0.15) is 5.56 Å². The number of halogens is 3. The van der Waals surface area contributed by atoms with Gasteiger partial charge in [0.1, 0.15) is 11.6 Å². The lowest BCUT2D eigenvalue weighted by Crippen LogP contribution is -2.25. The molecule has 0 amide bonds. The molecule has 20 heavy (non-hydrogen) atoms. The lowest BCUT2D eigenvalue weighted by Gasteiger charge is -2.09. The maximum atomic E-state index is 13.5. The van der Waals surface area contributed by atoms with Gasteiger partial charge in [-0.15, -0.1) is 0 Å². The molecule has 0 unspecified atom stereocenters. The largest absolute Gasteiger partial charge is 0.246 e. The van der Waals surface area contributed by atoms with E-state index < -0.39 is 26.6 Å². The van der Waals surface area contributed by atoms with Gasteiger partial charge in [0.25, 0.3) is 0 Å². The van der Waals surface area contributed by atoms with Crippen molar-refractivity contribution < 1.29 is 17.2 Å². The minimum atomic E-state index is -4.26. The predicted octanol–water partition coefficient (Wildman–Crippen LogP) is 3.21. The zero-order valence-electron chi connectivity index (χ0n) is 10.1. The highest BCUT2D eigenvalue weighted by atomic mass is 79.9. The normalized spacial score (nSPS) is 11.6. The van der Waals surface area contributed by atoms with Crippen LogP contribution in [0.2, 0.25) is 0 Å². The Balaban J connectivity index is 2.27. The molecule has 0 aliphatic heterocycles. The molecule has 3 nitrogen and oxygen atoms in total. The van der Waals surface area contributed by atoms with Gasteiger partial charge in [-0.2, -0.15) is 0 Å². The zero-order valence-corrected chi connectivity index (χ0v) is 12.5. The summed E-state index contributed by atoms with van der Waals surface area (Å²) in [5.74, 6) is -2.24. The molecule has 1 N–H and O–H groups in total. The first-order chi connectivity index (χ1) is 9.42. The second-order valence-corrected chi connectivity index (χ2v) is 6.52. The minimum Gasteiger partial charge on any atom is -0.207 e. The van der Waals surface area contributed by atoms with E-state index in [1.54, 1.807) is 24.3 Å². The van der Waals surface area contributed by atoms with E-state index in [1.807, 2.05) is 0 Å². The van der Waals surface area contributed by atoms with E-state index in [4.69, 9.17) is 0 Å². The molecule has 106 valence electrons. The SMILES string of the molecule is O=S(=O)(NCc1ccccc1Br)c1c(F)cccc1F. The molecule has 2 rings (SSSR count). The molecular formula is C13H10BrF2NO2S. The van der Waals surface area contributed by atoms with Gasteiger partial charge >= 0.3 is 0 Å². The fraction of sp³-hybridized carbons (Fsp3) is 0.0769. The van der Waals surface area contributed by atoms with Gasteiger partial charge in [-0.3, -0.25) is 0 Å². The van der Waals surface area contributed by atoms with Crippen molar-refractivity contribution in [2.75, 3.05) is 0 Å². The van der Waals surface area contributed by atoms with Crippen molar-refractivity contribution >= 4 is 26.0 Å². The van der Waals surface area contributed by atoms with Gasteiger partial charge in [0.05, 0.1) is 0 Å². The fourth-order valence-corrected chi connectivity index (χ4v) is 3.19. The Morgan fingerprint density at radius 1 is 1.00 bits per heavy atom. The first kappa shape index (κ1) is 15.1. The third kappa shape index (κ3) is 3.23. The molecule has 0 saturated carbocycles. The lowest BCUT2D eigenvalue weighted by molar-refractivity contribution is 0.514. The van der Waals surface area contributed by atoms with E-state index in [9.17, 15) is 17.2 Å². The van der Waals surface area contributed by atoms with Crippen molar-refractivity contribution in [1.82, 2.24) is 4.72 Å². The Labute approximate surface area is 123 Å². The highest BCUT2D eigenvalue weighted by Crippen LogP contribution is 2.20. The number of nitrogens with one attached hydrogen (secondary N) is 1. The van der Waals surface area contributed by atoms with Crippen LogP contribution in [0, 0.1) is 11.6 Å². The summed E-state index contributed by atoms with van der Waals surface area (Å²) in [6, 6.07) is 9.86. The summed E-state index contributed by atoms with van der Waals surface area (Å²) in [4.78, 5) is -0.966. The van der Waals surface area contributed by atoms with E-state index in [2.05, 4.69) is 20.7 Å². The Morgan fingerprint density at radius 2 is 1.60 bits per heavy atom. The second kappa shape index (κ2) is 5.99. The molecule has 0 fully saturated rings. The molecule has 0 aromatic heterocycles. The van der Waals surface area contributed by atoms with Gasteiger partial charge < -0.3 is 0 Å². The molecular weight excluding hydrogens is 352 g/mol. The third-order valence-electron chi connectivity index (χ3n) is 2.60.